The first-order chi connectivity index (χ1) is 7.04. The second kappa shape index (κ2) is 4.68. The highest BCUT2D eigenvalue weighted by Crippen LogP contribution is 2.11. The van der Waals surface area contributed by atoms with Gasteiger partial charge in [0.25, 0.3) is 0 Å². The molecule has 0 saturated heterocycles. The van der Waals surface area contributed by atoms with Gasteiger partial charge in [0, 0.05) is 6.42 Å². The Bertz CT molecular complexity index is 399. The third-order valence-corrected chi connectivity index (χ3v) is 2.08. The first kappa shape index (κ1) is 11.4. The van der Waals surface area contributed by atoms with Crippen LogP contribution in [0.15, 0.2) is 18.2 Å². The average molecular weight is 210 g/mol. The minimum atomic E-state index is -0.904. The van der Waals surface area contributed by atoms with Crippen molar-refractivity contribution in [1.29, 1.82) is 0 Å². The number of aryl methyl sites for hydroxylation is 1. The highest BCUT2D eigenvalue weighted by atomic mass is 19.1. The van der Waals surface area contributed by atoms with Gasteiger partial charge in [0.05, 0.1) is 7.11 Å². The molecule has 80 valence electrons. The number of rotatable bonds is 3. The summed E-state index contributed by atoms with van der Waals surface area (Å²) in [6.07, 6.45) is -0.129. The standard InChI is InChI=1S/C11H11FO3/c1-7-3-4-9(12)5-8(7)6-10(13)11(14)15-2/h3-5H,6H2,1-2H3. The maximum Gasteiger partial charge on any atom is 0.374 e. The van der Waals surface area contributed by atoms with E-state index in [4.69, 9.17) is 0 Å². The molecule has 0 atom stereocenters. The Kier molecular flexibility index (Phi) is 3.55. The van der Waals surface area contributed by atoms with Crippen molar-refractivity contribution in [2.24, 2.45) is 0 Å². The number of ketones is 1. The second-order valence-electron chi connectivity index (χ2n) is 3.16. The third kappa shape index (κ3) is 2.87. The van der Waals surface area contributed by atoms with Crippen LogP contribution >= 0.6 is 0 Å². The molecule has 0 fully saturated rings. The lowest BCUT2D eigenvalue weighted by atomic mass is 10.0. The molecule has 0 radical (unpaired) electrons. The van der Waals surface area contributed by atoms with Crippen LogP contribution < -0.4 is 0 Å². The summed E-state index contributed by atoms with van der Waals surface area (Å²) in [6, 6.07) is 4.12. The lowest BCUT2D eigenvalue weighted by Gasteiger charge is -2.03. The second-order valence-corrected chi connectivity index (χ2v) is 3.16. The SMILES string of the molecule is COC(=O)C(=O)Cc1cc(F)ccc1C. The Labute approximate surface area is 86.9 Å². The van der Waals surface area contributed by atoms with Gasteiger partial charge in [-0.15, -0.1) is 0 Å². The van der Waals surface area contributed by atoms with Gasteiger partial charge >= 0.3 is 5.97 Å². The molecule has 0 N–H and O–H groups in total. The van der Waals surface area contributed by atoms with Gasteiger partial charge in [-0.25, -0.2) is 9.18 Å². The maximum atomic E-state index is 12.9. The van der Waals surface area contributed by atoms with Crippen molar-refractivity contribution in [2.75, 3.05) is 7.11 Å². The highest BCUT2D eigenvalue weighted by Gasteiger charge is 2.15. The van der Waals surface area contributed by atoms with Crippen LogP contribution in [-0.4, -0.2) is 18.9 Å². The lowest BCUT2D eigenvalue weighted by molar-refractivity contribution is -0.151. The van der Waals surface area contributed by atoms with E-state index in [0.29, 0.717) is 5.56 Å². The summed E-state index contributed by atoms with van der Waals surface area (Å²) in [5.74, 6) is -2.00. The number of halogens is 1. The minimum Gasteiger partial charge on any atom is -0.463 e. The van der Waals surface area contributed by atoms with Gasteiger partial charge in [-0.3, -0.25) is 4.79 Å². The normalized spacial score (nSPS) is 9.80. The third-order valence-electron chi connectivity index (χ3n) is 2.08. The summed E-state index contributed by atoms with van der Waals surface area (Å²) in [7, 11) is 1.14. The quantitative estimate of drug-likeness (QED) is 0.559. The Hall–Kier alpha value is -1.71. The van der Waals surface area contributed by atoms with E-state index in [1.807, 2.05) is 0 Å². The Morgan fingerprint density at radius 2 is 2.07 bits per heavy atom. The van der Waals surface area contributed by atoms with Crippen molar-refractivity contribution in [3.8, 4) is 0 Å². The van der Waals surface area contributed by atoms with Gasteiger partial charge in [0.1, 0.15) is 5.82 Å². The molecule has 1 rings (SSSR count). The van der Waals surface area contributed by atoms with E-state index in [9.17, 15) is 14.0 Å². The minimum absolute atomic E-state index is 0.129. The van der Waals surface area contributed by atoms with Crippen molar-refractivity contribution < 1.29 is 18.7 Å². The number of methoxy groups -OCH3 is 1. The first-order valence-electron chi connectivity index (χ1n) is 4.40. The summed E-state index contributed by atoms with van der Waals surface area (Å²) < 4.78 is 17.1. The summed E-state index contributed by atoms with van der Waals surface area (Å²) in [4.78, 5) is 22.1. The van der Waals surface area contributed by atoms with Gasteiger partial charge in [-0.1, -0.05) is 6.07 Å². The molecular formula is C11H11FO3. The molecule has 0 aliphatic carbocycles. The van der Waals surface area contributed by atoms with Crippen molar-refractivity contribution in [1.82, 2.24) is 0 Å². The molecule has 1 aromatic rings. The molecule has 0 spiro atoms. The van der Waals surface area contributed by atoms with Gasteiger partial charge in [0.2, 0.25) is 5.78 Å². The van der Waals surface area contributed by atoms with Crippen molar-refractivity contribution in [3.63, 3.8) is 0 Å². The van der Waals surface area contributed by atoms with Crippen LogP contribution in [0.5, 0.6) is 0 Å². The van der Waals surface area contributed by atoms with Crippen LogP contribution in [0, 0.1) is 12.7 Å². The van der Waals surface area contributed by atoms with Gasteiger partial charge < -0.3 is 4.74 Å². The fourth-order valence-electron chi connectivity index (χ4n) is 1.19. The van der Waals surface area contributed by atoms with Crippen molar-refractivity contribution in [2.45, 2.75) is 13.3 Å². The fourth-order valence-corrected chi connectivity index (χ4v) is 1.19. The van der Waals surface area contributed by atoms with Crippen LogP contribution in [0.3, 0.4) is 0 Å². The van der Waals surface area contributed by atoms with Gasteiger partial charge in [-0.2, -0.15) is 0 Å². The first-order valence-corrected chi connectivity index (χ1v) is 4.40. The predicted molar refractivity (Wildman–Crippen MR) is 51.9 cm³/mol. The number of ether oxygens (including phenoxy) is 1. The topological polar surface area (TPSA) is 43.4 Å². The van der Waals surface area contributed by atoms with Crippen LogP contribution in [0.1, 0.15) is 11.1 Å². The summed E-state index contributed by atoms with van der Waals surface area (Å²) in [6.45, 7) is 1.75. The smallest absolute Gasteiger partial charge is 0.374 e. The maximum absolute atomic E-state index is 12.9. The van der Waals surface area contributed by atoms with E-state index in [1.54, 1.807) is 13.0 Å². The number of hydrogen-bond acceptors (Lipinski definition) is 3. The molecule has 0 aliphatic heterocycles. The molecule has 0 amide bonds. The van der Waals surface area contributed by atoms with Crippen LogP contribution in [-0.2, 0) is 20.7 Å². The largest absolute Gasteiger partial charge is 0.463 e. The number of carbonyl (C=O) groups is 2. The van der Waals surface area contributed by atoms with E-state index in [0.717, 1.165) is 12.7 Å². The van der Waals surface area contributed by atoms with E-state index >= 15 is 0 Å². The molecule has 0 unspecified atom stereocenters. The van der Waals surface area contributed by atoms with E-state index < -0.39 is 17.6 Å². The number of Topliss-reactive ketones (excluding diaryl/α,β-unsaturated/α-hetero) is 1. The van der Waals surface area contributed by atoms with Gasteiger partial charge in [-0.05, 0) is 30.2 Å². The fraction of sp³-hybridized carbons (Fsp3) is 0.273. The Balaban J connectivity index is 2.85. The zero-order valence-electron chi connectivity index (χ0n) is 8.54. The summed E-state index contributed by atoms with van der Waals surface area (Å²) >= 11 is 0. The monoisotopic (exact) mass is 210 g/mol. The number of carbonyl (C=O) groups excluding carboxylic acids is 2. The van der Waals surface area contributed by atoms with Crippen LogP contribution in [0.25, 0.3) is 0 Å². The number of esters is 1. The molecule has 15 heavy (non-hydrogen) atoms. The van der Waals surface area contributed by atoms with E-state index in [-0.39, 0.29) is 6.42 Å². The molecule has 0 heterocycles. The molecule has 3 nitrogen and oxygen atoms in total. The zero-order chi connectivity index (χ0) is 11.4. The highest BCUT2D eigenvalue weighted by molar-refractivity contribution is 6.34. The van der Waals surface area contributed by atoms with Crippen LogP contribution in [0.4, 0.5) is 4.39 Å². The average Bonchev–Trinajstić information content (AvgIpc) is 2.22. The molecule has 0 aliphatic rings. The zero-order valence-corrected chi connectivity index (χ0v) is 8.54. The Morgan fingerprint density at radius 3 is 2.67 bits per heavy atom. The molecular weight excluding hydrogens is 199 g/mol. The summed E-state index contributed by atoms with van der Waals surface area (Å²) in [5.41, 5.74) is 1.28. The van der Waals surface area contributed by atoms with Gasteiger partial charge in [0.15, 0.2) is 0 Å². The van der Waals surface area contributed by atoms with Crippen molar-refractivity contribution >= 4 is 11.8 Å². The number of benzene rings is 1. The Morgan fingerprint density at radius 1 is 1.40 bits per heavy atom. The van der Waals surface area contributed by atoms with E-state index in [2.05, 4.69) is 4.74 Å². The van der Waals surface area contributed by atoms with E-state index in [1.165, 1.54) is 12.1 Å². The molecule has 0 saturated carbocycles. The molecule has 0 aromatic heterocycles. The number of hydrogen-bond donors (Lipinski definition) is 0. The predicted octanol–water partition coefficient (Wildman–Crippen LogP) is 1.42. The molecule has 0 bridgehead atoms. The summed E-state index contributed by atoms with van der Waals surface area (Å²) in [5, 5.41) is 0. The van der Waals surface area contributed by atoms with Crippen molar-refractivity contribution in [3.05, 3.63) is 35.1 Å². The van der Waals surface area contributed by atoms with Crippen LogP contribution in [0.2, 0.25) is 0 Å². The lowest BCUT2D eigenvalue weighted by Crippen LogP contribution is -2.18. The molecule has 4 heteroatoms. The molecule has 1 aromatic carbocycles.